The predicted octanol–water partition coefficient (Wildman–Crippen LogP) is 2.36. The molecule has 5 heteroatoms. The Morgan fingerprint density at radius 1 is 1.11 bits per heavy atom. The van der Waals surface area contributed by atoms with E-state index in [0.717, 1.165) is 28.1 Å². The largest absolute Gasteiger partial charge is 0.382 e. The molecule has 3 aromatic rings. The molecule has 0 amide bonds. The molecule has 90 valence electrons. The van der Waals surface area contributed by atoms with Crippen LogP contribution in [0.5, 0.6) is 0 Å². The Labute approximate surface area is 104 Å². The smallest absolute Gasteiger partial charge is 0.153 e. The van der Waals surface area contributed by atoms with Gasteiger partial charge in [0.25, 0.3) is 0 Å². The quantitative estimate of drug-likeness (QED) is 0.642. The Bertz CT molecular complexity index is 666. The Morgan fingerprint density at radius 3 is 2.56 bits per heavy atom. The van der Waals surface area contributed by atoms with Gasteiger partial charge in [-0.1, -0.05) is 30.3 Å². The van der Waals surface area contributed by atoms with Gasteiger partial charge in [0.05, 0.1) is 17.5 Å². The molecule has 0 radical (unpaired) electrons. The molecule has 5 nitrogen and oxygen atoms in total. The van der Waals surface area contributed by atoms with E-state index < -0.39 is 0 Å². The third kappa shape index (κ3) is 1.57. The first kappa shape index (κ1) is 10.6. The standard InChI is InChI=1S/C13H13N5/c1-8-10(7-15-16-8)12-11(13(14)18-17-12)9-5-3-2-4-6-9/h2-7H,1H3,(H,15,16)(H3,14,17,18). The van der Waals surface area contributed by atoms with Crippen LogP contribution in [0.15, 0.2) is 36.5 Å². The maximum atomic E-state index is 5.96. The Kier molecular flexibility index (Phi) is 2.37. The summed E-state index contributed by atoms with van der Waals surface area (Å²) in [6.45, 7) is 1.97. The molecule has 2 heterocycles. The van der Waals surface area contributed by atoms with Crippen LogP contribution in [0.2, 0.25) is 0 Å². The van der Waals surface area contributed by atoms with Crippen molar-refractivity contribution in [3.63, 3.8) is 0 Å². The van der Waals surface area contributed by atoms with Gasteiger partial charge in [-0.25, -0.2) is 0 Å². The second-order valence-corrected chi connectivity index (χ2v) is 4.13. The molecule has 0 saturated carbocycles. The summed E-state index contributed by atoms with van der Waals surface area (Å²) in [5, 5.41) is 14.0. The highest BCUT2D eigenvalue weighted by Crippen LogP contribution is 2.35. The van der Waals surface area contributed by atoms with Crippen molar-refractivity contribution >= 4 is 5.82 Å². The summed E-state index contributed by atoms with van der Waals surface area (Å²) in [5.41, 5.74) is 10.8. The summed E-state index contributed by atoms with van der Waals surface area (Å²) >= 11 is 0. The Hall–Kier alpha value is -2.56. The zero-order valence-corrected chi connectivity index (χ0v) is 9.94. The average Bonchev–Trinajstić information content (AvgIpc) is 2.96. The lowest BCUT2D eigenvalue weighted by atomic mass is 10.0. The Morgan fingerprint density at radius 2 is 1.89 bits per heavy atom. The van der Waals surface area contributed by atoms with Crippen LogP contribution in [-0.2, 0) is 0 Å². The van der Waals surface area contributed by atoms with E-state index in [1.54, 1.807) is 6.20 Å². The monoisotopic (exact) mass is 239 g/mol. The number of hydrogen-bond donors (Lipinski definition) is 3. The molecule has 4 N–H and O–H groups in total. The number of anilines is 1. The third-order valence-corrected chi connectivity index (χ3v) is 2.96. The minimum atomic E-state index is 0.497. The highest BCUT2D eigenvalue weighted by Gasteiger charge is 2.16. The van der Waals surface area contributed by atoms with E-state index in [1.165, 1.54) is 0 Å². The highest BCUT2D eigenvalue weighted by atomic mass is 15.2. The van der Waals surface area contributed by atoms with Crippen LogP contribution in [-0.4, -0.2) is 20.4 Å². The van der Waals surface area contributed by atoms with Crippen molar-refractivity contribution in [2.24, 2.45) is 0 Å². The van der Waals surface area contributed by atoms with Gasteiger partial charge in [0, 0.05) is 11.3 Å². The highest BCUT2D eigenvalue weighted by molar-refractivity contribution is 5.88. The zero-order chi connectivity index (χ0) is 12.5. The summed E-state index contributed by atoms with van der Waals surface area (Å²) in [5.74, 6) is 0.497. The fourth-order valence-corrected chi connectivity index (χ4v) is 2.05. The average molecular weight is 239 g/mol. The van der Waals surface area contributed by atoms with E-state index in [1.807, 2.05) is 37.3 Å². The van der Waals surface area contributed by atoms with Gasteiger partial charge in [0.2, 0.25) is 0 Å². The number of rotatable bonds is 2. The van der Waals surface area contributed by atoms with Crippen molar-refractivity contribution in [3.05, 3.63) is 42.2 Å². The first-order valence-electron chi connectivity index (χ1n) is 5.67. The first-order valence-corrected chi connectivity index (χ1v) is 5.67. The van der Waals surface area contributed by atoms with Crippen LogP contribution in [0.3, 0.4) is 0 Å². The predicted molar refractivity (Wildman–Crippen MR) is 70.8 cm³/mol. The number of aromatic amines is 2. The molecule has 0 aliphatic heterocycles. The van der Waals surface area contributed by atoms with Crippen LogP contribution in [0.1, 0.15) is 5.69 Å². The van der Waals surface area contributed by atoms with E-state index >= 15 is 0 Å². The number of benzene rings is 1. The van der Waals surface area contributed by atoms with Crippen molar-refractivity contribution in [1.82, 2.24) is 20.4 Å². The summed E-state index contributed by atoms with van der Waals surface area (Å²) in [4.78, 5) is 0. The molecule has 3 rings (SSSR count). The molecule has 0 saturated heterocycles. The van der Waals surface area contributed by atoms with Gasteiger partial charge >= 0.3 is 0 Å². The van der Waals surface area contributed by atoms with Gasteiger partial charge < -0.3 is 5.73 Å². The molecular weight excluding hydrogens is 226 g/mol. The van der Waals surface area contributed by atoms with Crippen molar-refractivity contribution in [2.75, 3.05) is 5.73 Å². The minimum absolute atomic E-state index is 0.497. The molecular formula is C13H13N5. The third-order valence-electron chi connectivity index (χ3n) is 2.96. The lowest BCUT2D eigenvalue weighted by molar-refractivity contribution is 1.05. The van der Waals surface area contributed by atoms with E-state index in [2.05, 4.69) is 20.4 Å². The number of hydrogen-bond acceptors (Lipinski definition) is 3. The topological polar surface area (TPSA) is 83.4 Å². The molecule has 1 aromatic carbocycles. The molecule has 18 heavy (non-hydrogen) atoms. The fourth-order valence-electron chi connectivity index (χ4n) is 2.05. The molecule has 0 aliphatic carbocycles. The minimum Gasteiger partial charge on any atom is -0.382 e. The molecule has 0 bridgehead atoms. The van der Waals surface area contributed by atoms with E-state index in [-0.39, 0.29) is 0 Å². The second-order valence-electron chi connectivity index (χ2n) is 4.13. The van der Waals surface area contributed by atoms with Gasteiger partial charge in [0.1, 0.15) is 0 Å². The molecule has 0 fully saturated rings. The number of H-pyrrole nitrogens is 2. The van der Waals surface area contributed by atoms with Crippen LogP contribution in [0.25, 0.3) is 22.4 Å². The number of aromatic nitrogens is 4. The summed E-state index contributed by atoms with van der Waals surface area (Å²) in [6.07, 6.45) is 1.77. The van der Waals surface area contributed by atoms with Gasteiger partial charge in [-0.15, -0.1) is 0 Å². The number of nitrogens with one attached hydrogen (secondary N) is 2. The first-order chi connectivity index (χ1) is 8.77. The van der Waals surface area contributed by atoms with Crippen LogP contribution >= 0.6 is 0 Å². The molecule has 2 aromatic heterocycles. The molecule has 0 unspecified atom stereocenters. The molecule has 0 spiro atoms. The lowest BCUT2D eigenvalue weighted by Gasteiger charge is -2.03. The van der Waals surface area contributed by atoms with Crippen LogP contribution < -0.4 is 5.73 Å². The zero-order valence-electron chi connectivity index (χ0n) is 9.94. The normalized spacial score (nSPS) is 10.7. The number of aryl methyl sites for hydroxylation is 1. The summed E-state index contributed by atoms with van der Waals surface area (Å²) in [6, 6.07) is 9.96. The molecule has 0 atom stereocenters. The number of nitrogens with zero attached hydrogens (tertiary/aromatic N) is 2. The van der Waals surface area contributed by atoms with Gasteiger partial charge in [-0.2, -0.15) is 10.2 Å². The maximum Gasteiger partial charge on any atom is 0.153 e. The maximum absolute atomic E-state index is 5.96. The lowest BCUT2D eigenvalue weighted by Crippen LogP contribution is -1.88. The molecule has 0 aliphatic rings. The van der Waals surface area contributed by atoms with Crippen molar-refractivity contribution in [3.8, 4) is 22.4 Å². The SMILES string of the molecule is Cc1[nH]ncc1-c1[nH]nc(N)c1-c1ccccc1. The van der Waals surface area contributed by atoms with E-state index in [9.17, 15) is 0 Å². The van der Waals surface area contributed by atoms with Crippen molar-refractivity contribution in [2.45, 2.75) is 6.92 Å². The number of nitrogen functional groups attached to an aromatic ring is 1. The van der Waals surface area contributed by atoms with Crippen molar-refractivity contribution in [1.29, 1.82) is 0 Å². The number of nitrogens with two attached hydrogens (primary N) is 1. The summed E-state index contributed by atoms with van der Waals surface area (Å²) < 4.78 is 0. The van der Waals surface area contributed by atoms with Crippen molar-refractivity contribution < 1.29 is 0 Å². The van der Waals surface area contributed by atoms with Gasteiger partial charge in [0.15, 0.2) is 5.82 Å². The fraction of sp³-hybridized carbons (Fsp3) is 0.0769. The Balaban J connectivity index is 2.22. The van der Waals surface area contributed by atoms with Crippen LogP contribution in [0.4, 0.5) is 5.82 Å². The van der Waals surface area contributed by atoms with Crippen LogP contribution in [0, 0.1) is 6.92 Å². The van der Waals surface area contributed by atoms with E-state index in [4.69, 9.17) is 5.73 Å². The van der Waals surface area contributed by atoms with Gasteiger partial charge in [-0.3, -0.25) is 10.2 Å². The van der Waals surface area contributed by atoms with E-state index in [0.29, 0.717) is 5.82 Å². The van der Waals surface area contributed by atoms with Gasteiger partial charge in [-0.05, 0) is 12.5 Å². The second kappa shape index (κ2) is 4.03. The summed E-state index contributed by atoms with van der Waals surface area (Å²) in [7, 11) is 0.